The molecule has 20 heavy (non-hydrogen) atoms. The number of amides is 1. The molecular formula is C13H18N4O3. The van der Waals surface area contributed by atoms with Gasteiger partial charge in [-0.25, -0.2) is 0 Å². The number of para-hydroxylation sites is 1. The topological polar surface area (TPSA) is 78.7 Å². The SMILES string of the molecule is CNc1c(CN2CCN(C)C(=O)C2)cccc1[N+](=O)[O-]. The fourth-order valence-electron chi connectivity index (χ4n) is 2.34. The molecular weight excluding hydrogens is 260 g/mol. The summed E-state index contributed by atoms with van der Waals surface area (Å²) in [6.45, 7) is 2.33. The maximum Gasteiger partial charge on any atom is 0.292 e. The molecule has 0 bridgehead atoms. The Morgan fingerprint density at radius 3 is 2.75 bits per heavy atom. The van der Waals surface area contributed by atoms with E-state index in [4.69, 9.17) is 0 Å². The first-order valence-electron chi connectivity index (χ1n) is 6.43. The number of nitro benzene ring substituents is 1. The molecule has 1 N–H and O–H groups in total. The highest BCUT2D eigenvalue weighted by molar-refractivity contribution is 5.78. The van der Waals surface area contributed by atoms with Crippen molar-refractivity contribution in [3.63, 3.8) is 0 Å². The Hall–Kier alpha value is -2.15. The lowest BCUT2D eigenvalue weighted by molar-refractivity contribution is -0.384. The van der Waals surface area contributed by atoms with Gasteiger partial charge in [-0.05, 0) is 5.56 Å². The van der Waals surface area contributed by atoms with Crippen LogP contribution in [0.3, 0.4) is 0 Å². The summed E-state index contributed by atoms with van der Waals surface area (Å²) in [4.78, 5) is 26.0. The summed E-state index contributed by atoms with van der Waals surface area (Å²) in [5.41, 5.74) is 1.41. The molecule has 0 aromatic heterocycles. The molecule has 7 nitrogen and oxygen atoms in total. The van der Waals surface area contributed by atoms with Crippen LogP contribution in [-0.4, -0.2) is 54.4 Å². The number of likely N-dealkylation sites (N-methyl/N-ethyl adjacent to an activating group) is 1. The average molecular weight is 278 g/mol. The van der Waals surface area contributed by atoms with Gasteiger partial charge in [0.2, 0.25) is 5.91 Å². The maximum atomic E-state index is 11.7. The van der Waals surface area contributed by atoms with Gasteiger partial charge < -0.3 is 10.2 Å². The van der Waals surface area contributed by atoms with E-state index in [9.17, 15) is 14.9 Å². The maximum absolute atomic E-state index is 11.7. The third kappa shape index (κ3) is 2.88. The number of carbonyl (C=O) groups excluding carboxylic acids is 1. The van der Waals surface area contributed by atoms with E-state index >= 15 is 0 Å². The molecule has 0 spiro atoms. The monoisotopic (exact) mass is 278 g/mol. The van der Waals surface area contributed by atoms with Gasteiger partial charge in [-0.1, -0.05) is 12.1 Å². The van der Waals surface area contributed by atoms with E-state index in [-0.39, 0.29) is 11.6 Å². The van der Waals surface area contributed by atoms with Crippen molar-refractivity contribution in [2.24, 2.45) is 0 Å². The van der Waals surface area contributed by atoms with Crippen molar-refractivity contribution in [2.75, 3.05) is 39.0 Å². The second-order valence-electron chi connectivity index (χ2n) is 4.84. The van der Waals surface area contributed by atoms with E-state index in [1.165, 1.54) is 6.07 Å². The molecule has 2 rings (SSSR count). The van der Waals surface area contributed by atoms with Crippen LogP contribution in [0.15, 0.2) is 18.2 Å². The third-order valence-electron chi connectivity index (χ3n) is 3.51. The average Bonchev–Trinajstić information content (AvgIpc) is 2.42. The predicted octanol–water partition coefficient (Wildman–Crippen LogP) is 0.910. The smallest absolute Gasteiger partial charge is 0.292 e. The number of hydrogen-bond donors (Lipinski definition) is 1. The van der Waals surface area contributed by atoms with E-state index < -0.39 is 4.92 Å². The van der Waals surface area contributed by atoms with Crippen molar-refractivity contribution in [1.29, 1.82) is 0 Å². The molecule has 1 saturated heterocycles. The molecule has 0 saturated carbocycles. The molecule has 1 fully saturated rings. The first-order chi connectivity index (χ1) is 9.52. The minimum absolute atomic E-state index is 0.0606. The molecule has 0 atom stereocenters. The van der Waals surface area contributed by atoms with Gasteiger partial charge in [-0.2, -0.15) is 0 Å². The summed E-state index contributed by atoms with van der Waals surface area (Å²) < 4.78 is 0. The fourth-order valence-corrected chi connectivity index (χ4v) is 2.34. The summed E-state index contributed by atoms with van der Waals surface area (Å²) in [5, 5.41) is 13.9. The van der Waals surface area contributed by atoms with Gasteiger partial charge in [0, 0.05) is 39.8 Å². The van der Waals surface area contributed by atoms with E-state index in [2.05, 4.69) is 5.32 Å². The Morgan fingerprint density at radius 2 is 2.15 bits per heavy atom. The molecule has 0 unspecified atom stereocenters. The minimum Gasteiger partial charge on any atom is -0.382 e. The highest BCUT2D eigenvalue weighted by atomic mass is 16.6. The lowest BCUT2D eigenvalue weighted by Crippen LogP contribution is -2.48. The van der Waals surface area contributed by atoms with Crippen LogP contribution in [0.5, 0.6) is 0 Å². The number of anilines is 1. The third-order valence-corrected chi connectivity index (χ3v) is 3.51. The summed E-state index contributed by atoms with van der Waals surface area (Å²) in [7, 11) is 3.45. The van der Waals surface area contributed by atoms with Crippen LogP contribution in [-0.2, 0) is 11.3 Å². The van der Waals surface area contributed by atoms with Gasteiger partial charge in [-0.3, -0.25) is 19.8 Å². The number of nitro groups is 1. The first-order valence-corrected chi connectivity index (χ1v) is 6.43. The fraction of sp³-hybridized carbons (Fsp3) is 0.462. The Balaban J connectivity index is 2.19. The Kier molecular flexibility index (Phi) is 4.19. The summed E-state index contributed by atoms with van der Waals surface area (Å²) in [5.74, 6) is 0.0766. The van der Waals surface area contributed by atoms with E-state index in [0.717, 1.165) is 12.1 Å². The van der Waals surface area contributed by atoms with Crippen LogP contribution in [0, 0.1) is 10.1 Å². The highest BCUT2D eigenvalue weighted by Gasteiger charge is 2.23. The molecule has 1 aromatic carbocycles. The number of rotatable bonds is 4. The van der Waals surface area contributed by atoms with E-state index in [1.54, 1.807) is 25.1 Å². The number of piperazine rings is 1. The van der Waals surface area contributed by atoms with Crippen LogP contribution in [0.2, 0.25) is 0 Å². The minimum atomic E-state index is -0.398. The number of carbonyl (C=O) groups is 1. The van der Waals surface area contributed by atoms with Crippen LogP contribution < -0.4 is 5.32 Å². The van der Waals surface area contributed by atoms with Crippen LogP contribution in [0.25, 0.3) is 0 Å². The molecule has 1 heterocycles. The largest absolute Gasteiger partial charge is 0.382 e. The molecule has 7 heteroatoms. The van der Waals surface area contributed by atoms with Gasteiger partial charge in [0.1, 0.15) is 5.69 Å². The van der Waals surface area contributed by atoms with Gasteiger partial charge in [-0.15, -0.1) is 0 Å². The van der Waals surface area contributed by atoms with Crippen molar-refractivity contribution in [2.45, 2.75) is 6.54 Å². The molecule has 0 aliphatic carbocycles. The number of hydrogen-bond acceptors (Lipinski definition) is 5. The summed E-state index contributed by atoms with van der Waals surface area (Å²) in [6.07, 6.45) is 0. The van der Waals surface area contributed by atoms with Crippen LogP contribution in [0.1, 0.15) is 5.56 Å². The lowest BCUT2D eigenvalue weighted by atomic mass is 10.1. The molecule has 1 aliphatic rings. The zero-order valence-electron chi connectivity index (χ0n) is 11.6. The van der Waals surface area contributed by atoms with Crippen LogP contribution in [0.4, 0.5) is 11.4 Å². The quantitative estimate of drug-likeness (QED) is 0.654. The number of nitrogens with one attached hydrogen (secondary N) is 1. The van der Waals surface area contributed by atoms with Crippen LogP contribution >= 0.6 is 0 Å². The number of benzene rings is 1. The van der Waals surface area contributed by atoms with Gasteiger partial charge in [0.15, 0.2) is 0 Å². The Bertz CT molecular complexity index is 532. The van der Waals surface area contributed by atoms with Crippen molar-refractivity contribution in [1.82, 2.24) is 9.80 Å². The summed E-state index contributed by atoms with van der Waals surface area (Å²) >= 11 is 0. The van der Waals surface area contributed by atoms with Crippen molar-refractivity contribution in [3.05, 3.63) is 33.9 Å². The molecule has 1 aromatic rings. The van der Waals surface area contributed by atoms with Crippen molar-refractivity contribution < 1.29 is 9.72 Å². The normalized spacial score (nSPS) is 16.3. The zero-order chi connectivity index (χ0) is 14.7. The van der Waals surface area contributed by atoms with Gasteiger partial charge in [0.05, 0.1) is 11.5 Å². The molecule has 1 amide bonds. The number of nitrogens with zero attached hydrogens (tertiary/aromatic N) is 3. The van der Waals surface area contributed by atoms with Crippen molar-refractivity contribution in [3.8, 4) is 0 Å². The molecule has 0 radical (unpaired) electrons. The second kappa shape index (κ2) is 5.87. The van der Waals surface area contributed by atoms with Crippen molar-refractivity contribution >= 4 is 17.3 Å². The predicted molar refractivity (Wildman–Crippen MR) is 75.6 cm³/mol. The molecule has 1 aliphatic heterocycles. The zero-order valence-corrected chi connectivity index (χ0v) is 11.6. The highest BCUT2D eigenvalue weighted by Crippen LogP contribution is 2.28. The van der Waals surface area contributed by atoms with E-state index in [1.807, 2.05) is 11.0 Å². The summed E-state index contributed by atoms with van der Waals surface area (Å²) in [6, 6.07) is 5.00. The molecule has 108 valence electrons. The Morgan fingerprint density at radius 1 is 1.40 bits per heavy atom. The van der Waals surface area contributed by atoms with Gasteiger partial charge >= 0.3 is 0 Å². The second-order valence-corrected chi connectivity index (χ2v) is 4.84. The lowest BCUT2D eigenvalue weighted by Gasteiger charge is -2.32. The standard InChI is InChI=1S/C13H18N4O3/c1-14-13-10(4-3-5-11(13)17(19)20)8-16-7-6-15(2)12(18)9-16/h3-5,14H,6-9H2,1-2H3. The Labute approximate surface area is 117 Å². The van der Waals surface area contributed by atoms with Gasteiger partial charge in [0.25, 0.3) is 5.69 Å². The first kappa shape index (κ1) is 14.3. The van der Waals surface area contributed by atoms with E-state index in [0.29, 0.717) is 25.3 Å².